The van der Waals surface area contributed by atoms with Crippen molar-refractivity contribution in [3.8, 4) is 44.5 Å². The summed E-state index contributed by atoms with van der Waals surface area (Å²) in [5.74, 6) is 0. The maximum Gasteiger partial charge on any atom is 0.145 e. The molecular weight excluding hydrogens is 811 g/mol. The SMILES string of the molecule is c1ccc(-c2cccc3c2oc2c(-c4ccccc4)ccc(N(c4ccc(-c5cccc6ccccc56)cc4)c4cccc5c4-c4ccccc4C5(c4ccccc4)c4ccccc4)c23)cc1. The third kappa shape index (κ3) is 6.04. The van der Waals surface area contributed by atoms with Crippen molar-refractivity contribution >= 4 is 49.8 Å². The molecule has 0 saturated carbocycles. The van der Waals surface area contributed by atoms with Crippen molar-refractivity contribution in [2.24, 2.45) is 0 Å². The molecule has 1 aromatic heterocycles. The molecule has 2 heteroatoms. The largest absolute Gasteiger partial charge is 0.455 e. The van der Waals surface area contributed by atoms with Gasteiger partial charge in [-0.1, -0.05) is 231 Å². The molecule has 0 N–H and O–H groups in total. The average Bonchev–Trinajstić information content (AvgIpc) is 3.95. The summed E-state index contributed by atoms with van der Waals surface area (Å²) in [7, 11) is 0. The highest BCUT2D eigenvalue weighted by Crippen LogP contribution is 2.60. The molecule has 0 saturated heterocycles. The Morgan fingerprint density at radius 2 is 0.821 bits per heavy atom. The molecule has 11 aromatic carbocycles. The van der Waals surface area contributed by atoms with Crippen LogP contribution in [0.4, 0.5) is 17.1 Å². The second-order valence-corrected chi connectivity index (χ2v) is 17.5. The first-order valence-corrected chi connectivity index (χ1v) is 23.1. The van der Waals surface area contributed by atoms with Crippen molar-refractivity contribution in [2.75, 3.05) is 4.90 Å². The number of para-hydroxylation sites is 1. The van der Waals surface area contributed by atoms with Gasteiger partial charge < -0.3 is 9.32 Å². The van der Waals surface area contributed by atoms with Gasteiger partial charge in [-0.15, -0.1) is 0 Å². The van der Waals surface area contributed by atoms with E-state index in [1.807, 2.05) is 0 Å². The van der Waals surface area contributed by atoms with Crippen molar-refractivity contribution in [1.82, 2.24) is 0 Å². The van der Waals surface area contributed by atoms with Crippen molar-refractivity contribution in [1.29, 1.82) is 0 Å². The van der Waals surface area contributed by atoms with Crippen LogP contribution in [0.3, 0.4) is 0 Å². The van der Waals surface area contributed by atoms with E-state index in [0.717, 1.165) is 61.3 Å². The van der Waals surface area contributed by atoms with E-state index in [1.54, 1.807) is 0 Å². The molecule has 0 radical (unpaired) electrons. The van der Waals surface area contributed by atoms with Crippen LogP contribution >= 0.6 is 0 Å². The van der Waals surface area contributed by atoms with E-state index in [0.29, 0.717) is 0 Å². The fourth-order valence-electron chi connectivity index (χ4n) is 11.1. The van der Waals surface area contributed by atoms with E-state index in [9.17, 15) is 0 Å². The van der Waals surface area contributed by atoms with Crippen LogP contribution in [-0.4, -0.2) is 0 Å². The van der Waals surface area contributed by atoms with Gasteiger partial charge in [-0.2, -0.15) is 0 Å². The Labute approximate surface area is 390 Å². The number of rotatable bonds is 8. The minimum Gasteiger partial charge on any atom is -0.455 e. The van der Waals surface area contributed by atoms with Crippen LogP contribution in [0.1, 0.15) is 22.3 Å². The standard InChI is InChI=1S/C65H43NO/c1-5-20-45(21-6-1)53-33-18-34-56-62-60(43-42-54(64(62)67-63(53)56)46-22-7-2-8-23-46)66(50-40-38-47(39-41-50)52-32-17-25-44-24-13-14-30-51(44)52)59-37-19-36-58-61(59)55-31-15-16-35-57(55)65(58,48-26-9-3-10-27-48)49-28-11-4-12-29-49/h1-43H. The van der Waals surface area contributed by atoms with Crippen molar-refractivity contribution in [2.45, 2.75) is 5.41 Å². The average molecular weight is 854 g/mol. The number of nitrogens with zero attached hydrogens (tertiary/aromatic N) is 1. The Morgan fingerprint density at radius 3 is 1.54 bits per heavy atom. The molecule has 12 aromatic rings. The van der Waals surface area contributed by atoms with Crippen molar-refractivity contribution in [3.05, 3.63) is 283 Å². The molecule has 0 fully saturated rings. The molecule has 1 aliphatic carbocycles. The lowest BCUT2D eigenvalue weighted by Gasteiger charge is -2.34. The molecule has 0 amide bonds. The number of furan rings is 1. The minimum atomic E-state index is -0.562. The van der Waals surface area contributed by atoms with Gasteiger partial charge in [0.05, 0.1) is 22.2 Å². The zero-order valence-corrected chi connectivity index (χ0v) is 36.7. The van der Waals surface area contributed by atoms with E-state index < -0.39 is 5.41 Å². The van der Waals surface area contributed by atoms with Gasteiger partial charge in [0.2, 0.25) is 0 Å². The summed E-state index contributed by atoms with van der Waals surface area (Å²) in [5, 5.41) is 4.60. The lowest BCUT2D eigenvalue weighted by atomic mass is 9.68. The van der Waals surface area contributed by atoms with Crippen LogP contribution in [0.5, 0.6) is 0 Å². The Morgan fingerprint density at radius 1 is 0.313 bits per heavy atom. The third-order valence-electron chi connectivity index (χ3n) is 14.0. The van der Waals surface area contributed by atoms with Crippen molar-refractivity contribution in [3.63, 3.8) is 0 Å². The molecule has 314 valence electrons. The second-order valence-electron chi connectivity index (χ2n) is 17.5. The Hall–Kier alpha value is -8.72. The van der Waals surface area contributed by atoms with Gasteiger partial charge >= 0.3 is 0 Å². The first kappa shape index (κ1) is 38.7. The van der Waals surface area contributed by atoms with E-state index in [-0.39, 0.29) is 0 Å². The van der Waals surface area contributed by atoms with Gasteiger partial charge in [0.1, 0.15) is 11.2 Å². The number of fused-ring (bicyclic) bond motifs is 7. The zero-order valence-electron chi connectivity index (χ0n) is 36.7. The summed E-state index contributed by atoms with van der Waals surface area (Å²) >= 11 is 0. The molecule has 13 rings (SSSR count). The summed E-state index contributed by atoms with van der Waals surface area (Å²) in [5.41, 5.74) is 18.5. The van der Waals surface area contributed by atoms with Gasteiger partial charge in [-0.05, 0) is 91.2 Å². The maximum atomic E-state index is 7.27. The molecular formula is C65H43NO. The monoisotopic (exact) mass is 853 g/mol. The van der Waals surface area contributed by atoms with Crippen LogP contribution in [0.25, 0.3) is 77.2 Å². The zero-order chi connectivity index (χ0) is 44.3. The third-order valence-corrected chi connectivity index (χ3v) is 14.0. The van der Waals surface area contributed by atoms with Crippen molar-refractivity contribution < 1.29 is 4.42 Å². The Balaban J connectivity index is 1.13. The highest BCUT2D eigenvalue weighted by molar-refractivity contribution is 6.20. The summed E-state index contributed by atoms with van der Waals surface area (Å²) in [6.07, 6.45) is 0. The summed E-state index contributed by atoms with van der Waals surface area (Å²) < 4.78 is 7.27. The fraction of sp³-hybridized carbons (Fsp3) is 0.0154. The predicted molar refractivity (Wildman–Crippen MR) is 280 cm³/mol. The van der Waals surface area contributed by atoms with Crippen LogP contribution in [0.15, 0.2) is 265 Å². The minimum absolute atomic E-state index is 0.562. The van der Waals surface area contributed by atoms with Crippen LogP contribution in [0, 0.1) is 0 Å². The van der Waals surface area contributed by atoms with Crippen LogP contribution < -0.4 is 4.90 Å². The smallest absolute Gasteiger partial charge is 0.145 e. The number of anilines is 3. The predicted octanol–water partition coefficient (Wildman–Crippen LogP) is 17.6. The molecule has 0 spiro atoms. The molecule has 0 unspecified atom stereocenters. The van der Waals surface area contributed by atoms with Gasteiger partial charge in [-0.25, -0.2) is 0 Å². The quantitative estimate of drug-likeness (QED) is 0.151. The lowest BCUT2D eigenvalue weighted by molar-refractivity contribution is 0.671. The fourth-order valence-corrected chi connectivity index (χ4v) is 11.1. The molecule has 0 atom stereocenters. The Kier molecular flexibility index (Phi) is 9.11. The summed E-state index contributed by atoms with van der Waals surface area (Å²) in [4.78, 5) is 2.50. The normalized spacial score (nSPS) is 12.6. The highest BCUT2D eigenvalue weighted by Gasteiger charge is 2.47. The number of hydrogen-bond acceptors (Lipinski definition) is 2. The molecule has 67 heavy (non-hydrogen) atoms. The first-order valence-electron chi connectivity index (χ1n) is 23.1. The van der Waals surface area contributed by atoms with E-state index in [2.05, 4.69) is 266 Å². The molecule has 1 heterocycles. The Bertz CT molecular complexity index is 3740. The van der Waals surface area contributed by atoms with E-state index in [1.165, 1.54) is 55.3 Å². The molecule has 0 aliphatic heterocycles. The highest BCUT2D eigenvalue weighted by atomic mass is 16.3. The molecule has 0 bridgehead atoms. The molecule has 1 aliphatic rings. The van der Waals surface area contributed by atoms with Gasteiger partial charge in [0.15, 0.2) is 0 Å². The van der Waals surface area contributed by atoms with Gasteiger partial charge in [-0.3, -0.25) is 0 Å². The van der Waals surface area contributed by atoms with Gasteiger partial charge in [0, 0.05) is 27.8 Å². The second kappa shape index (κ2) is 15.8. The topological polar surface area (TPSA) is 16.4 Å². The van der Waals surface area contributed by atoms with E-state index in [4.69, 9.17) is 4.42 Å². The van der Waals surface area contributed by atoms with E-state index >= 15 is 0 Å². The first-order chi connectivity index (χ1) is 33.3. The number of hydrogen-bond donors (Lipinski definition) is 0. The summed E-state index contributed by atoms with van der Waals surface area (Å²) in [6.45, 7) is 0. The molecule has 2 nitrogen and oxygen atoms in total. The lowest BCUT2D eigenvalue weighted by Crippen LogP contribution is -2.28. The van der Waals surface area contributed by atoms with Gasteiger partial charge in [0.25, 0.3) is 0 Å². The maximum absolute atomic E-state index is 7.27. The number of benzene rings is 11. The van der Waals surface area contributed by atoms with Crippen LogP contribution in [-0.2, 0) is 5.41 Å². The summed E-state index contributed by atoms with van der Waals surface area (Å²) in [6, 6.07) is 94.9. The van der Waals surface area contributed by atoms with Crippen LogP contribution in [0.2, 0.25) is 0 Å².